The van der Waals surface area contributed by atoms with Gasteiger partial charge in [0.1, 0.15) is 11.8 Å². The lowest BCUT2D eigenvalue weighted by Crippen LogP contribution is -2.31. The Kier molecular flexibility index (Phi) is 5.14. The zero-order valence-electron chi connectivity index (χ0n) is 14.7. The number of aromatic nitrogens is 2. The number of rotatable bonds is 6. The van der Waals surface area contributed by atoms with Crippen molar-refractivity contribution >= 4 is 11.7 Å². The molecule has 0 unspecified atom stereocenters. The number of aryl methyl sites for hydroxylation is 2. The van der Waals surface area contributed by atoms with Gasteiger partial charge in [0.15, 0.2) is 0 Å². The van der Waals surface area contributed by atoms with Gasteiger partial charge in [0.25, 0.3) is 0 Å². The summed E-state index contributed by atoms with van der Waals surface area (Å²) in [5, 5.41) is 14.1. The number of carboxylic acid groups (broad SMARTS) is 1. The van der Waals surface area contributed by atoms with Crippen molar-refractivity contribution in [1.82, 2.24) is 14.7 Å². The van der Waals surface area contributed by atoms with Crippen molar-refractivity contribution in [2.45, 2.75) is 26.4 Å². The first-order valence-corrected chi connectivity index (χ1v) is 7.61. The molecule has 0 radical (unpaired) electrons. The van der Waals surface area contributed by atoms with Crippen LogP contribution in [0.1, 0.15) is 28.6 Å². The number of aliphatic carboxylic acids is 1. The standard InChI is InChI=1S/C17H24N4O3/c1-10-13(11(2)21(4)19-10)9-20(3)16(17(22)23)12-6-7-14(18)15(8-12)24-5/h6-8,16H,9,18H2,1-5H3,(H,22,23)/t16-/m1/s1. The van der Waals surface area contributed by atoms with Gasteiger partial charge in [-0.3, -0.25) is 14.4 Å². The second-order valence-electron chi connectivity index (χ2n) is 5.93. The first kappa shape index (κ1) is 17.8. The number of ether oxygens (including phenoxy) is 1. The van der Waals surface area contributed by atoms with Crippen LogP contribution in [0.15, 0.2) is 18.2 Å². The highest BCUT2D eigenvalue weighted by molar-refractivity contribution is 5.76. The summed E-state index contributed by atoms with van der Waals surface area (Å²) in [7, 11) is 5.18. The van der Waals surface area contributed by atoms with Crippen LogP contribution in [0.2, 0.25) is 0 Å². The molecule has 0 aliphatic heterocycles. The Bertz CT molecular complexity index is 755. The summed E-state index contributed by atoms with van der Waals surface area (Å²) in [5.74, 6) is -0.454. The van der Waals surface area contributed by atoms with E-state index in [0.29, 0.717) is 23.5 Å². The molecular formula is C17H24N4O3. The quantitative estimate of drug-likeness (QED) is 0.785. The molecule has 0 spiro atoms. The van der Waals surface area contributed by atoms with Gasteiger partial charge in [-0.2, -0.15) is 5.10 Å². The normalized spacial score (nSPS) is 12.4. The second-order valence-corrected chi connectivity index (χ2v) is 5.93. The molecule has 2 rings (SSSR count). The van der Waals surface area contributed by atoms with Crippen LogP contribution in [-0.4, -0.2) is 39.9 Å². The minimum atomic E-state index is -0.927. The van der Waals surface area contributed by atoms with Crippen molar-refractivity contribution in [1.29, 1.82) is 0 Å². The summed E-state index contributed by atoms with van der Waals surface area (Å²) in [6.45, 7) is 4.39. The first-order chi connectivity index (χ1) is 11.3. The predicted molar refractivity (Wildman–Crippen MR) is 91.9 cm³/mol. The Morgan fingerprint density at radius 2 is 2.12 bits per heavy atom. The number of nitrogens with two attached hydrogens (primary N) is 1. The maximum absolute atomic E-state index is 11.9. The lowest BCUT2D eigenvalue weighted by molar-refractivity contribution is -0.143. The highest BCUT2D eigenvalue weighted by Gasteiger charge is 2.27. The van der Waals surface area contributed by atoms with E-state index in [9.17, 15) is 9.90 Å². The van der Waals surface area contributed by atoms with Gasteiger partial charge in [-0.25, -0.2) is 0 Å². The van der Waals surface area contributed by atoms with Gasteiger partial charge in [0.2, 0.25) is 0 Å². The molecule has 0 saturated carbocycles. The lowest BCUT2D eigenvalue weighted by atomic mass is 10.0. The monoisotopic (exact) mass is 332 g/mol. The summed E-state index contributed by atoms with van der Waals surface area (Å²) in [5.41, 5.74) is 9.89. The largest absolute Gasteiger partial charge is 0.495 e. The number of carbonyl (C=O) groups is 1. The number of anilines is 1. The molecule has 0 fully saturated rings. The van der Waals surface area contributed by atoms with Crippen LogP contribution in [0.25, 0.3) is 0 Å². The molecule has 0 amide bonds. The molecule has 7 heteroatoms. The second kappa shape index (κ2) is 6.92. The molecule has 24 heavy (non-hydrogen) atoms. The number of methoxy groups -OCH3 is 1. The van der Waals surface area contributed by atoms with Crippen molar-refractivity contribution in [3.05, 3.63) is 40.7 Å². The molecule has 1 aromatic carbocycles. The molecule has 7 nitrogen and oxygen atoms in total. The number of hydrogen-bond donors (Lipinski definition) is 2. The number of nitrogen functional groups attached to an aromatic ring is 1. The fourth-order valence-electron chi connectivity index (χ4n) is 2.87. The minimum Gasteiger partial charge on any atom is -0.495 e. The number of hydrogen-bond acceptors (Lipinski definition) is 5. The third kappa shape index (κ3) is 3.35. The molecule has 3 N–H and O–H groups in total. The van der Waals surface area contributed by atoms with Gasteiger partial charge in [0.05, 0.1) is 18.5 Å². The molecule has 1 atom stereocenters. The Morgan fingerprint density at radius 3 is 2.62 bits per heavy atom. The Balaban J connectivity index is 2.35. The smallest absolute Gasteiger partial charge is 0.325 e. The van der Waals surface area contributed by atoms with Crippen molar-refractivity contribution in [2.24, 2.45) is 7.05 Å². The van der Waals surface area contributed by atoms with E-state index in [-0.39, 0.29) is 0 Å². The summed E-state index contributed by atoms with van der Waals surface area (Å²) < 4.78 is 7.01. The number of carboxylic acids is 1. The van der Waals surface area contributed by atoms with Gasteiger partial charge >= 0.3 is 5.97 Å². The molecule has 0 aliphatic rings. The third-order valence-corrected chi connectivity index (χ3v) is 4.31. The number of nitrogens with zero attached hydrogens (tertiary/aromatic N) is 3. The average molecular weight is 332 g/mol. The fraction of sp³-hybridized carbons (Fsp3) is 0.412. The third-order valence-electron chi connectivity index (χ3n) is 4.31. The molecular weight excluding hydrogens is 308 g/mol. The van der Waals surface area contributed by atoms with E-state index in [2.05, 4.69) is 5.10 Å². The Labute approximate surface area is 141 Å². The van der Waals surface area contributed by atoms with Crippen molar-refractivity contribution in [3.63, 3.8) is 0 Å². The van der Waals surface area contributed by atoms with Crippen LogP contribution in [0, 0.1) is 13.8 Å². The Hall–Kier alpha value is -2.54. The zero-order valence-corrected chi connectivity index (χ0v) is 14.7. The molecule has 130 valence electrons. The summed E-state index contributed by atoms with van der Waals surface area (Å²) in [6, 6.07) is 4.25. The van der Waals surface area contributed by atoms with Crippen LogP contribution in [0.3, 0.4) is 0 Å². The maximum Gasteiger partial charge on any atom is 0.325 e. The molecule has 1 aromatic heterocycles. The van der Waals surface area contributed by atoms with Crippen LogP contribution >= 0.6 is 0 Å². The SMILES string of the molecule is COc1cc([C@H](C(=O)O)N(C)Cc2c(C)nn(C)c2C)ccc1N. The van der Waals surface area contributed by atoms with Crippen molar-refractivity contribution in [2.75, 3.05) is 19.9 Å². The summed E-state index contributed by atoms with van der Waals surface area (Å²) in [6.07, 6.45) is 0. The highest BCUT2D eigenvalue weighted by Crippen LogP contribution is 2.29. The van der Waals surface area contributed by atoms with E-state index >= 15 is 0 Å². The Morgan fingerprint density at radius 1 is 1.46 bits per heavy atom. The molecule has 0 saturated heterocycles. The number of benzene rings is 1. The maximum atomic E-state index is 11.9. The van der Waals surface area contributed by atoms with Gasteiger partial charge in [-0.05, 0) is 38.6 Å². The number of likely N-dealkylation sites (N-methyl/N-ethyl adjacent to an activating group) is 1. The summed E-state index contributed by atoms with van der Waals surface area (Å²) >= 11 is 0. The van der Waals surface area contributed by atoms with Gasteiger partial charge < -0.3 is 15.6 Å². The van der Waals surface area contributed by atoms with E-state index in [1.165, 1.54) is 7.11 Å². The topological polar surface area (TPSA) is 93.6 Å². The molecule has 1 heterocycles. The van der Waals surface area contributed by atoms with E-state index < -0.39 is 12.0 Å². The van der Waals surface area contributed by atoms with Crippen LogP contribution < -0.4 is 10.5 Å². The van der Waals surface area contributed by atoms with Gasteiger partial charge in [-0.15, -0.1) is 0 Å². The van der Waals surface area contributed by atoms with Crippen LogP contribution in [0.5, 0.6) is 5.75 Å². The lowest BCUT2D eigenvalue weighted by Gasteiger charge is -2.25. The highest BCUT2D eigenvalue weighted by atomic mass is 16.5. The minimum absolute atomic E-state index is 0.473. The molecule has 0 aliphatic carbocycles. The molecule has 0 bridgehead atoms. The fourth-order valence-corrected chi connectivity index (χ4v) is 2.87. The zero-order chi connectivity index (χ0) is 18.0. The van der Waals surface area contributed by atoms with E-state index in [0.717, 1.165) is 17.0 Å². The van der Waals surface area contributed by atoms with E-state index in [1.807, 2.05) is 20.9 Å². The van der Waals surface area contributed by atoms with E-state index in [4.69, 9.17) is 10.5 Å². The van der Waals surface area contributed by atoms with Gasteiger partial charge in [0, 0.05) is 24.8 Å². The van der Waals surface area contributed by atoms with Crippen LogP contribution in [0.4, 0.5) is 5.69 Å². The summed E-state index contributed by atoms with van der Waals surface area (Å²) in [4.78, 5) is 13.6. The van der Waals surface area contributed by atoms with Crippen molar-refractivity contribution in [3.8, 4) is 5.75 Å². The average Bonchev–Trinajstić information content (AvgIpc) is 2.75. The first-order valence-electron chi connectivity index (χ1n) is 7.61. The van der Waals surface area contributed by atoms with Crippen molar-refractivity contribution < 1.29 is 14.6 Å². The molecule has 2 aromatic rings. The van der Waals surface area contributed by atoms with Crippen LogP contribution in [-0.2, 0) is 18.4 Å². The van der Waals surface area contributed by atoms with Gasteiger partial charge in [-0.1, -0.05) is 6.07 Å². The predicted octanol–water partition coefficient (Wildman–Crippen LogP) is 1.89. The van der Waals surface area contributed by atoms with E-state index in [1.54, 1.807) is 34.8 Å².